The molecule has 1 N–H and O–H groups in total. The van der Waals surface area contributed by atoms with E-state index in [1.165, 1.54) is 57.8 Å². The van der Waals surface area contributed by atoms with Crippen molar-refractivity contribution in [2.45, 2.75) is 84.2 Å². The number of imidazole rings is 1. The van der Waals surface area contributed by atoms with E-state index in [1.54, 1.807) is 0 Å². The highest BCUT2D eigenvalue weighted by atomic mass is 15.2. The first-order valence-electron chi connectivity index (χ1n) is 9.05. The lowest BCUT2D eigenvalue weighted by Gasteiger charge is -2.28. The summed E-state index contributed by atoms with van der Waals surface area (Å²) >= 11 is 0. The minimum atomic E-state index is 0.654. The molecule has 2 aliphatic rings. The summed E-state index contributed by atoms with van der Waals surface area (Å²) in [5.74, 6) is 2.96. The number of nitrogens with zero attached hydrogens (tertiary/aromatic N) is 2. The molecule has 0 unspecified atom stereocenters. The number of aromatic nitrogens is 2. The summed E-state index contributed by atoms with van der Waals surface area (Å²) < 4.78 is 2.39. The minimum Gasteiger partial charge on any atom is -0.353 e. The van der Waals surface area contributed by atoms with Crippen LogP contribution in [0.15, 0.2) is 6.20 Å². The summed E-state index contributed by atoms with van der Waals surface area (Å²) in [6.07, 6.45) is 14.6. The van der Waals surface area contributed by atoms with E-state index in [-0.39, 0.29) is 0 Å². The first kappa shape index (κ1) is 14.9. The Bertz CT molecular complexity index is 437. The van der Waals surface area contributed by atoms with Crippen molar-refractivity contribution in [2.75, 3.05) is 5.32 Å². The molecule has 0 saturated heterocycles. The number of nitrogens with one attached hydrogen (secondary N) is 1. The lowest BCUT2D eigenvalue weighted by molar-refractivity contribution is 0.248. The largest absolute Gasteiger partial charge is 0.353 e. The highest BCUT2D eigenvalue weighted by molar-refractivity contribution is 5.30. The van der Waals surface area contributed by atoms with Gasteiger partial charge in [-0.1, -0.05) is 39.0 Å². The van der Waals surface area contributed by atoms with Crippen LogP contribution in [0, 0.1) is 18.8 Å². The van der Waals surface area contributed by atoms with Crippen LogP contribution >= 0.6 is 0 Å². The van der Waals surface area contributed by atoms with Crippen LogP contribution in [0.4, 0.5) is 5.95 Å². The lowest BCUT2D eigenvalue weighted by atomic mass is 9.81. The van der Waals surface area contributed by atoms with Gasteiger partial charge in [0.15, 0.2) is 0 Å². The second-order valence-electron chi connectivity index (χ2n) is 7.28. The van der Waals surface area contributed by atoms with Gasteiger partial charge in [0.05, 0.1) is 5.69 Å². The molecule has 0 amide bonds. The normalized spacial score (nSPS) is 27.1. The van der Waals surface area contributed by atoms with E-state index >= 15 is 0 Å². The molecule has 3 heteroatoms. The predicted octanol–water partition coefficient (Wildman–Crippen LogP) is 4.76. The van der Waals surface area contributed by atoms with Crippen molar-refractivity contribution in [1.82, 2.24) is 9.55 Å². The van der Waals surface area contributed by atoms with Crippen molar-refractivity contribution in [3.05, 3.63) is 11.9 Å². The van der Waals surface area contributed by atoms with Crippen molar-refractivity contribution in [1.29, 1.82) is 0 Å². The number of rotatable bonds is 5. The third-order valence-electron chi connectivity index (χ3n) is 5.58. The molecule has 1 heterocycles. The van der Waals surface area contributed by atoms with Crippen LogP contribution in [0.5, 0.6) is 0 Å². The van der Waals surface area contributed by atoms with Crippen LogP contribution in [0.2, 0.25) is 0 Å². The second kappa shape index (κ2) is 6.85. The Morgan fingerprint density at radius 1 is 1.10 bits per heavy atom. The fraction of sp³-hybridized carbons (Fsp3) is 0.833. The van der Waals surface area contributed by atoms with Crippen LogP contribution in [-0.4, -0.2) is 15.6 Å². The predicted molar refractivity (Wildman–Crippen MR) is 88.6 cm³/mol. The lowest BCUT2D eigenvalue weighted by Crippen LogP contribution is -2.22. The summed E-state index contributed by atoms with van der Waals surface area (Å²) in [6, 6.07) is 0.654. The van der Waals surface area contributed by atoms with Crippen LogP contribution in [0.1, 0.15) is 70.4 Å². The van der Waals surface area contributed by atoms with E-state index in [4.69, 9.17) is 4.98 Å². The maximum Gasteiger partial charge on any atom is 0.203 e. The number of aryl methyl sites for hydroxylation is 1. The summed E-state index contributed by atoms with van der Waals surface area (Å²) in [4.78, 5) is 4.72. The van der Waals surface area contributed by atoms with Crippen molar-refractivity contribution in [2.24, 2.45) is 11.8 Å². The Morgan fingerprint density at radius 2 is 1.76 bits per heavy atom. The maximum absolute atomic E-state index is 4.72. The monoisotopic (exact) mass is 289 g/mol. The van der Waals surface area contributed by atoms with E-state index in [2.05, 4.69) is 29.9 Å². The molecule has 1 aromatic rings. The average molecular weight is 289 g/mol. The summed E-state index contributed by atoms with van der Waals surface area (Å²) in [7, 11) is 0. The molecule has 118 valence electrons. The molecular weight excluding hydrogens is 258 g/mol. The molecule has 0 radical (unpaired) electrons. The van der Waals surface area contributed by atoms with Crippen molar-refractivity contribution in [3.63, 3.8) is 0 Å². The van der Waals surface area contributed by atoms with Crippen molar-refractivity contribution in [3.8, 4) is 0 Å². The Kier molecular flexibility index (Phi) is 4.87. The fourth-order valence-electron chi connectivity index (χ4n) is 4.15. The number of hydrogen-bond donors (Lipinski definition) is 1. The topological polar surface area (TPSA) is 29.9 Å². The Balaban J connectivity index is 1.59. The van der Waals surface area contributed by atoms with Crippen LogP contribution in [-0.2, 0) is 6.54 Å². The van der Waals surface area contributed by atoms with Crippen LogP contribution < -0.4 is 5.32 Å². The number of anilines is 1. The first-order valence-corrected chi connectivity index (χ1v) is 9.05. The average Bonchev–Trinajstić information content (AvgIpc) is 3.11. The van der Waals surface area contributed by atoms with Crippen molar-refractivity contribution >= 4 is 5.95 Å². The quantitative estimate of drug-likeness (QED) is 0.846. The van der Waals surface area contributed by atoms with Gasteiger partial charge in [-0.2, -0.15) is 0 Å². The molecule has 0 aromatic carbocycles. The molecule has 2 saturated carbocycles. The van der Waals surface area contributed by atoms with E-state index in [9.17, 15) is 0 Å². The number of hydrogen-bond acceptors (Lipinski definition) is 2. The molecule has 0 bridgehead atoms. The zero-order chi connectivity index (χ0) is 14.7. The van der Waals surface area contributed by atoms with E-state index in [0.29, 0.717) is 6.04 Å². The Hall–Kier alpha value is -0.990. The van der Waals surface area contributed by atoms with Gasteiger partial charge in [0.1, 0.15) is 0 Å². The molecule has 3 nitrogen and oxygen atoms in total. The van der Waals surface area contributed by atoms with Gasteiger partial charge in [0.25, 0.3) is 0 Å². The highest BCUT2D eigenvalue weighted by Crippen LogP contribution is 2.32. The first-order chi connectivity index (χ1) is 10.2. The molecule has 21 heavy (non-hydrogen) atoms. The molecule has 0 spiro atoms. The summed E-state index contributed by atoms with van der Waals surface area (Å²) in [6.45, 7) is 5.62. The van der Waals surface area contributed by atoms with Crippen LogP contribution in [0.25, 0.3) is 0 Å². The van der Waals surface area contributed by atoms with Gasteiger partial charge >= 0.3 is 0 Å². The maximum atomic E-state index is 4.72. The molecule has 1 aromatic heterocycles. The van der Waals surface area contributed by atoms with Gasteiger partial charge in [-0.05, 0) is 44.4 Å². The zero-order valence-corrected chi connectivity index (χ0v) is 13.8. The Morgan fingerprint density at radius 3 is 2.43 bits per heavy atom. The van der Waals surface area contributed by atoms with Gasteiger partial charge < -0.3 is 9.88 Å². The third kappa shape index (κ3) is 3.81. The SMILES string of the molecule is CCC1CCC(Cn2cc(C)nc2NC2CCCC2)CC1. The van der Waals surface area contributed by atoms with Gasteiger partial charge in [0.2, 0.25) is 5.95 Å². The Labute approximate surface area is 129 Å². The van der Waals surface area contributed by atoms with Gasteiger partial charge in [0, 0.05) is 18.8 Å². The molecule has 0 atom stereocenters. The zero-order valence-electron chi connectivity index (χ0n) is 13.8. The van der Waals surface area contributed by atoms with E-state index < -0.39 is 0 Å². The van der Waals surface area contributed by atoms with Gasteiger partial charge in [-0.3, -0.25) is 0 Å². The molecular formula is C18H31N3. The van der Waals surface area contributed by atoms with E-state index in [0.717, 1.165) is 30.0 Å². The molecule has 3 rings (SSSR count). The fourth-order valence-corrected chi connectivity index (χ4v) is 4.15. The minimum absolute atomic E-state index is 0.654. The van der Waals surface area contributed by atoms with Crippen LogP contribution in [0.3, 0.4) is 0 Å². The smallest absolute Gasteiger partial charge is 0.203 e. The van der Waals surface area contributed by atoms with Crippen molar-refractivity contribution < 1.29 is 0 Å². The third-order valence-corrected chi connectivity index (χ3v) is 5.58. The second-order valence-corrected chi connectivity index (χ2v) is 7.28. The van der Waals surface area contributed by atoms with Gasteiger partial charge in [-0.15, -0.1) is 0 Å². The summed E-state index contributed by atoms with van der Waals surface area (Å²) in [5.41, 5.74) is 1.15. The highest BCUT2D eigenvalue weighted by Gasteiger charge is 2.22. The molecule has 0 aliphatic heterocycles. The van der Waals surface area contributed by atoms with E-state index in [1.807, 2.05) is 0 Å². The standard InChI is InChI=1S/C18H31N3/c1-3-15-8-10-16(11-9-15)13-21-12-14(2)19-18(21)20-17-6-4-5-7-17/h12,15-17H,3-11,13H2,1-2H3,(H,19,20). The molecule has 2 fully saturated rings. The van der Waals surface area contributed by atoms with Gasteiger partial charge in [-0.25, -0.2) is 4.98 Å². The summed E-state index contributed by atoms with van der Waals surface area (Å²) in [5, 5.41) is 3.69. The molecule has 2 aliphatic carbocycles.